The Kier molecular flexibility index (Phi) is 57.6. The summed E-state index contributed by atoms with van der Waals surface area (Å²) < 4.78 is 30.4. The monoisotopic (exact) mass is 1130 g/mol. The van der Waals surface area contributed by atoms with E-state index < -0.39 is 20.0 Å². The number of rotatable bonds is 62. The third-order valence-corrected chi connectivity index (χ3v) is 16.2. The van der Waals surface area contributed by atoms with Gasteiger partial charge in [-0.1, -0.05) is 275 Å². The van der Waals surface area contributed by atoms with Gasteiger partial charge in [-0.15, -0.1) is 0 Å². The van der Waals surface area contributed by atoms with Crippen LogP contribution in [0.15, 0.2) is 48.6 Å². The molecule has 3 unspecified atom stereocenters. The van der Waals surface area contributed by atoms with Gasteiger partial charge in [-0.3, -0.25) is 14.2 Å². The lowest BCUT2D eigenvalue weighted by atomic mass is 10.0. The Balaban J connectivity index is 5.01. The second-order valence-electron chi connectivity index (χ2n) is 24.3. The van der Waals surface area contributed by atoms with Gasteiger partial charge in [0.1, 0.15) is 19.3 Å². The number of esters is 1. The Bertz CT molecular complexity index is 1490. The molecule has 0 aliphatic heterocycles. The number of ether oxygens (including phenoxy) is 1. The summed E-state index contributed by atoms with van der Waals surface area (Å²) in [6, 6.07) is -0.892. The largest absolute Gasteiger partial charge is 0.756 e. The molecular formula is C69H131N2O7P. The van der Waals surface area contributed by atoms with Gasteiger partial charge in [-0.05, 0) is 89.5 Å². The maximum Gasteiger partial charge on any atom is 0.306 e. The first kappa shape index (κ1) is 77.0. The molecule has 0 radical (unpaired) electrons. The Morgan fingerprint density at radius 1 is 0.443 bits per heavy atom. The van der Waals surface area contributed by atoms with Gasteiger partial charge < -0.3 is 28.5 Å². The SMILES string of the molecule is CCCCC/C=C\C/C=C\CCCCCCCCCCCCCCCCCCCC(=O)NC(COP(=O)([O-])OCC[N+](C)(C)C)C(/C=C\CCCCCCCCCCCCC)OC(=O)CCCCC/C=C\CCCCCCCC. The number of carbonyl (C=O) groups excluding carboxylic acids is 2. The zero-order chi connectivity index (χ0) is 57.9. The van der Waals surface area contributed by atoms with Crippen LogP contribution in [0, 0.1) is 0 Å². The number of unbranched alkanes of at least 4 members (excludes halogenated alkanes) is 40. The molecule has 0 aliphatic carbocycles. The highest BCUT2D eigenvalue weighted by Crippen LogP contribution is 2.38. The van der Waals surface area contributed by atoms with E-state index in [1.807, 2.05) is 33.3 Å². The maximum absolute atomic E-state index is 13.6. The van der Waals surface area contributed by atoms with Crippen LogP contribution in [0.1, 0.15) is 329 Å². The Labute approximate surface area is 490 Å². The molecular weight excluding hydrogens is 1000 g/mol. The third kappa shape index (κ3) is 60.4. The molecule has 0 aliphatic rings. The standard InChI is InChI=1S/C69H131N2O7P/c1-7-10-13-16-19-22-25-28-29-30-31-32-33-34-35-36-37-38-39-40-41-44-46-49-52-55-58-61-68(72)70-66(65-77-79(74,75)76-64-63-71(4,5)6)67(60-57-54-51-48-45-42-26-23-20-17-14-11-8-2)78-69(73)62-59-56-53-50-47-43-27-24-21-18-15-12-9-3/h19,22,28-29,43,47,57,60,66-67H,7-18,20-21,23-27,30-42,44-46,48-56,58-59,61-65H2,1-6H3,(H-,70,72,74,75)/b22-19-,29-28-,47-43-,60-57-. The second-order valence-corrected chi connectivity index (χ2v) is 25.7. The lowest BCUT2D eigenvalue weighted by Gasteiger charge is -2.30. The highest BCUT2D eigenvalue weighted by molar-refractivity contribution is 7.45. The molecule has 1 N–H and O–H groups in total. The average molecular weight is 1130 g/mol. The van der Waals surface area contributed by atoms with Crippen LogP contribution in [0.3, 0.4) is 0 Å². The van der Waals surface area contributed by atoms with E-state index in [0.717, 1.165) is 70.6 Å². The number of phosphoric ester groups is 1. The van der Waals surface area contributed by atoms with Gasteiger partial charge >= 0.3 is 5.97 Å². The van der Waals surface area contributed by atoms with Gasteiger partial charge in [0.15, 0.2) is 0 Å². The number of amides is 1. The van der Waals surface area contributed by atoms with Crippen LogP contribution in [0.2, 0.25) is 0 Å². The van der Waals surface area contributed by atoms with Crippen LogP contribution in [-0.4, -0.2) is 69.4 Å². The fourth-order valence-corrected chi connectivity index (χ4v) is 10.7. The van der Waals surface area contributed by atoms with Crippen molar-refractivity contribution in [1.29, 1.82) is 0 Å². The molecule has 0 bridgehead atoms. The first-order valence-electron chi connectivity index (χ1n) is 33.9. The van der Waals surface area contributed by atoms with Crippen LogP contribution in [0.5, 0.6) is 0 Å². The number of hydrogen-bond donors (Lipinski definition) is 1. The quantitative estimate of drug-likeness (QED) is 0.0212. The van der Waals surface area contributed by atoms with Crippen molar-refractivity contribution in [3.8, 4) is 0 Å². The first-order chi connectivity index (χ1) is 38.4. The molecule has 3 atom stereocenters. The summed E-state index contributed by atoms with van der Waals surface area (Å²) in [5.41, 5.74) is 0. The summed E-state index contributed by atoms with van der Waals surface area (Å²) in [6.45, 7) is 6.84. The van der Waals surface area contributed by atoms with Crippen molar-refractivity contribution in [3.63, 3.8) is 0 Å². The molecule has 0 spiro atoms. The maximum atomic E-state index is 13.6. The van der Waals surface area contributed by atoms with Crippen molar-refractivity contribution in [2.45, 2.75) is 341 Å². The van der Waals surface area contributed by atoms with Crippen LogP contribution in [0.25, 0.3) is 0 Å². The summed E-state index contributed by atoms with van der Waals surface area (Å²) in [5.74, 6) is -0.547. The Hall–Kier alpha value is -2.03. The van der Waals surface area contributed by atoms with Gasteiger partial charge in [-0.2, -0.15) is 0 Å². The van der Waals surface area contributed by atoms with Crippen LogP contribution in [0.4, 0.5) is 0 Å². The summed E-state index contributed by atoms with van der Waals surface area (Å²) in [6.07, 6.45) is 73.8. The number of nitrogens with one attached hydrogen (secondary N) is 1. The number of likely N-dealkylation sites (N-methyl/N-ethyl adjacent to an activating group) is 1. The van der Waals surface area contributed by atoms with E-state index in [1.165, 1.54) is 218 Å². The Morgan fingerprint density at radius 3 is 1.19 bits per heavy atom. The molecule has 79 heavy (non-hydrogen) atoms. The third-order valence-electron chi connectivity index (χ3n) is 15.2. The highest BCUT2D eigenvalue weighted by Gasteiger charge is 2.27. The van der Waals surface area contributed by atoms with Crippen molar-refractivity contribution in [2.75, 3.05) is 40.9 Å². The van der Waals surface area contributed by atoms with E-state index in [1.54, 1.807) is 0 Å². The molecule has 464 valence electrons. The minimum Gasteiger partial charge on any atom is -0.756 e. The van der Waals surface area contributed by atoms with Crippen molar-refractivity contribution in [2.24, 2.45) is 0 Å². The van der Waals surface area contributed by atoms with E-state index in [4.69, 9.17) is 13.8 Å². The van der Waals surface area contributed by atoms with Crippen LogP contribution in [-0.2, 0) is 27.9 Å². The zero-order valence-corrected chi connectivity index (χ0v) is 54.0. The zero-order valence-electron chi connectivity index (χ0n) is 53.1. The fourth-order valence-electron chi connectivity index (χ4n) is 9.96. The molecule has 0 heterocycles. The fraction of sp³-hybridized carbons (Fsp3) is 0.855. The van der Waals surface area contributed by atoms with Crippen molar-refractivity contribution >= 4 is 19.7 Å². The van der Waals surface area contributed by atoms with Gasteiger partial charge in [0.25, 0.3) is 7.82 Å². The highest BCUT2D eigenvalue weighted by atomic mass is 31.2. The number of carbonyl (C=O) groups is 2. The average Bonchev–Trinajstić information content (AvgIpc) is 3.41. The molecule has 0 rings (SSSR count). The van der Waals surface area contributed by atoms with Gasteiger partial charge in [0, 0.05) is 12.8 Å². The molecule has 0 fully saturated rings. The number of allylic oxidation sites excluding steroid dienone is 7. The van der Waals surface area contributed by atoms with E-state index in [2.05, 4.69) is 62.5 Å². The molecule has 10 heteroatoms. The summed E-state index contributed by atoms with van der Waals surface area (Å²) in [7, 11) is 1.19. The lowest BCUT2D eigenvalue weighted by molar-refractivity contribution is -0.870. The normalized spacial score (nSPS) is 13.9. The summed E-state index contributed by atoms with van der Waals surface area (Å²) >= 11 is 0. The van der Waals surface area contributed by atoms with E-state index in [0.29, 0.717) is 23.9 Å². The van der Waals surface area contributed by atoms with E-state index in [9.17, 15) is 19.0 Å². The van der Waals surface area contributed by atoms with Gasteiger partial charge in [0.05, 0.1) is 33.8 Å². The number of quaternary nitrogens is 1. The summed E-state index contributed by atoms with van der Waals surface area (Å²) in [5, 5.41) is 3.04. The predicted molar refractivity (Wildman–Crippen MR) is 339 cm³/mol. The molecule has 0 saturated heterocycles. The Morgan fingerprint density at radius 2 is 0.772 bits per heavy atom. The number of phosphoric acid groups is 1. The first-order valence-corrected chi connectivity index (χ1v) is 35.4. The predicted octanol–water partition coefficient (Wildman–Crippen LogP) is 20.6. The molecule has 0 aromatic heterocycles. The number of nitrogens with zero attached hydrogens (tertiary/aromatic N) is 1. The molecule has 0 aromatic carbocycles. The lowest BCUT2D eigenvalue weighted by Crippen LogP contribution is -2.47. The molecule has 0 saturated carbocycles. The van der Waals surface area contributed by atoms with Gasteiger partial charge in [-0.25, -0.2) is 0 Å². The topological polar surface area (TPSA) is 114 Å². The summed E-state index contributed by atoms with van der Waals surface area (Å²) in [4.78, 5) is 40.0. The van der Waals surface area contributed by atoms with Crippen molar-refractivity contribution in [1.82, 2.24) is 5.32 Å². The number of hydrogen-bond acceptors (Lipinski definition) is 7. The minimum absolute atomic E-state index is 0.0229. The van der Waals surface area contributed by atoms with E-state index in [-0.39, 0.29) is 31.5 Å². The van der Waals surface area contributed by atoms with Crippen LogP contribution >= 0.6 is 7.82 Å². The van der Waals surface area contributed by atoms with Crippen LogP contribution < -0.4 is 10.2 Å². The van der Waals surface area contributed by atoms with Crippen molar-refractivity contribution < 1.29 is 37.3 Å². The second kappa shape index (κ2) is 59.1. The minimum atomic E-state index is -4.70. The molecule has 0 aromatic rings. The smallest absolute Gasteiger partial charge is 0.306 e. The van der Waals surface area contributed by atoms with Crippen molar-refractivity contribution in [3.05, 3.63) is 48.6 Å². The molecule has 1 amide bonds. The van der Waals surface area contributed by atoms with E-state index >= 15 is 0 Å². The van der Waals surface area contributed by atoms with Gasteiger partial charge in [0.2, 0.25) is 5.91 Å². The molecule has 9 nitrogen and oxygen atoms in total.